The van der Waals surface area contributed by atoms with Crippen molar-refractivity contribution in [3.05, 3.63) is 16.1 Å². The highest BCUT2D eigenvalue weighted by Gasteiger charge is 2.18. The summed E-state index contributed by atoms with van der Waals surface area (Å²) < 4.78 is 5.32. The van der Waals surface area contributed by atoms with Crippen LogP contribution in [0.3, 0.4) is 0 Å². The molecule has 14 heavy (non-hydrogen) atoms. The molecule has 78 valence electrons. The fourth-order valence-electron chi connectivity index (χ4n) is 1.68. The van der Waals surface area contributed by atoms with Crippen molar-refractivity contribution in [1.29, 1.82) is 0 Å². The molecule has 1 aliphatic rings. The van der Waals surface area contributed by atoms with Crippen molar-refractivity contribution in [2.24, 2.45) is 0 Å². The number of aromatic nitrogens is 1. The van der Waals surface area contributed by atoms with Crippen LogP contribution in [-0.2, 0) is 11.3 Å². The van der Waals surface area contributed by atoms with E-state index in [1.165, 1.54) is 18.5 Å². The highest BCUT2D eigenvalue weighted by Crippen LogP contribution is 2.24. The van der Waals surface area contributed by atoms with Crippen LogP contribution in [0.1, 0.15) is 36.5 Å². The molecule has 0 saturated carbocycles. The smallest absolute Gasteiger partial charge is 0.119 e. The van der Waals surface area contributed by atoms with Crippen molar-refractivity contribution < 1.29 is 4.74 Å². The van der Waals surface area contributed by atoms with E-state index in [1.807, 2.05) is 6.92 Å². The van der Waals surface area contributed by atoms with Crippen molar-refractivity contribution in [1.82, 2.24) is 10.3 Å². The molecule has 1 aromatic heterocycles. The third-order valence-corrected chi connectivity index (χ3v) is 3.26. The maximum absolute atomic E-state index is 5.32. The lowest BCUT2D eigenvalue weighted by Crippen LogP contribution is -2.13. The maximum Gasteiger partial charge on any atom is 0.119 e. The van der Waals surface area contributed by atoms with E-state index >= 15 is 0 Å². The Hall–Kier alpha value is -0.450. The summed E-state index contributed by atoms with van der Waals surface area (Å²) in [5.41, 5.74) is 1.20. The van der Waals surface area contributed by atoms with Gasteiger partial charge in [0, 0.05) is 12.0 Å². The normalized spacial score (nSPS) is 21.6. The van der Waals surface area contributed by atoms with Crippen LogP contribution in [-0.4, -0.2) is 18.1 Å². The Morgan fingerprint density at radius 2 is 2.64 bits per heavy atom. The van der Waals surface area contributed by atoms with Gasteiger partial charge in [0.05, 0.1) is 18.3 Å². The van der Waals surface area contributed by atoms with Gasteiger partial charge in [0.25, 0.3) is 0 Å². The zero-order chi connectivity index (χ0) is 9.80. The minimum absolute atomic E-state index is 0.488. The number of hydrogen-bond donors (Lipinski definition) is 1. The average molecular weight is 212 g/mol. The Balaban J connectivity index is 1.94. The number of ether oxygens (including phenoxy) is 1. The number of rotatable bonds is 4. The summed E-state index contributed by atoms with van der Waals surface area (Å²) in [6.07, 6.45) is 2.49. The fraction of sp³-hybridized carbons (Fsp3) is 0.700. The van der Waals surface area contributed by atoms with Gasteiger partial charge in [-0.25, -0.2) is 4.98 Å². The quantitative estimate of drug-likeness (QED) is 0.830. The van der Waals surface area contributed by atoms with Crippen molar-refractivity contribution in [2.45, 2.75) is 32.4 Å². The van der Waals surface area contributed by atoms with E-state index in [0.29, 0.717) is 12.6 Å². The van der Waals surface area contributed by atoms with Gasteiger partial charge in [-0.2, -0.15) is 0 Å². The number of nitrogens with one attached hydrogen (secondary N) is 1. The van der Waals surface area contributed by atoms with Crippen LogP contribution in [0.25, 0.3) is 0 Å². The molecule has 0 unspecified atom stereocenters. The molecule has 1 aliphatic heterocycles. The first kappa shape index (κ1) is 10.1. The standard InChI is InChI=1S/C10H16N2OS/c1-2-13-6-10-12-9(7-14-10)8-4-3-5-11-8/h7-8,11H,2-6H2,1H3/t8-/m1/s1. The van der Waals surface area contributed by atoms with Crippen LogP contribution in [0.15, 0.2) is 5.38 Å². The van der Waals surface area contributed by atoms with Crippen LogP contribution >= 0.6 is 11.3 Å². The van der Waals surface area contributed by atoms with E-state index in [-0.39, 0.29) is 0 Å². The lowest BCUT2D eigenvalue weighted by atomic mass is 10.2. The third kappa shape index (κ3) is 2.32. The number of hydrogen-bond acceptors (Lipinski definition) is 4. The molecule has 0 aromatic carbocycles. The Morgan fingerprint density at radius 3 is 3.36 bits per heavy atom. The van der Waals surface area contributed by atoms with Gasteiger partial charge in [0.1, 0.15) is 5.01 Å². The molecule has 4 heteroatoms. The first-order chi connectivity index (χ1) is 6.90. The minimum atomic E-state index is 0.488. The summed E-state index contributed by atoms with van der Waals surface area (Å²) in [5, 5.41) is 6.69. The van der Waals surface area contributed by atoms with Crippen molar-refractivity contribution in [3.63, 3.8) is 0 Å². The average Bonchev–Trinajstić information content (AvgIpc) is 2.85. The van der Waals surface area contributed by atoms with E-state index in [1.54, 1.807) is 11.3 Å². The van der Waals surface area contributed by atoms with Gasteiger partial charge in [-0.05, 0) is 26.3 Å². The third-order valence-electron chi connectivity index (χ3n) is 2.42. The van der Waals surface area contributed by atoms with Gasteiger partial charge in [0.2, 0.25) is 0 Å². The largest absolute Gasteiger partial charge is 0.375 e. The first-order valence-electron chi connectivity index (χ1n) is 5.15. The Labute approximate surface area is 88.5 Å². The molecule has 1 atom stereocenters. The van der Waals surface area contributed by atoms with Crippen LogP contribution in [0.4, 0.5) is 0 Å². The molecule has 0 radical (unpaired) electrons. The first-order valence-corrected chi connectivity index (χ1v) is 6.03. The summed E-state index contributed by atoms with van der Waals surface area (Å²) in [5.74, 6) is 0. The number of thiazole rings is 1. The van der Waals surface area contributed by atoms with Gasteiger partial charge in [-0.1, -0.05) is 0 Å². The minimum Gasteiger partial charge on any atom is -0.375 e. The lowest BCUT2D eigenvalue weighted by molar-refractivity contribution is 0.133. The van der Waals surface area contributed by atoms with Gasteiger partial charge in [-0.15, -0.1) is 11.3 Å². The summed E-state index contributed by atoms with van der Waals surface area (Å²) in [6.45, 7) is 4.56. The van der Waals surface area contributed by atoms with Gasteiger partial charge in [0.15, 0.2) is 0 Å². The summed E-state index contributed by atoms with van der Waals surface area (Å²) >= 11 is 1.70. The highest BCUT2D eigenvalue weighted by atomic mass is 32.1. The Morgan fingerprint density at radius 1 is 1.71 bits per heavy atom. The van der Waals surface area contributed by atoms with Crippen LogP contribution in [0.2, 0.25) is 0 Å². The van der Waals surface area contributed by atoms with E-state index < -0.39 is 0 Å². The second-order valence-electron chi connectivity index (χ2n) is 3.45. The molecule has 0 aliphatic carbocycles. The fourth-order valence-corrected chi connectivity index (χ4v) is 2.46. The second kappa shape index (κ2) is 4.87. The Bertz CT molecular complexity index is 281. The van der Waals surface area contributed by atoms with Crippen LogP contribution < -0.4 is 5.32 Å². The SMILES string of the molecule is CCOCc1nc([C@H]2CCCN2)cs1. The molecule has 3 nitrogen and oxygen atoms in total. The van der Waals surface area contributed by atoms with E-state index in [4.69, 9.17) is 4.74 Å². The number of nitrogens with zero attached hydrogens (tertiary/aromatic N) is 1. The van der Waals surface area contributed by atoms with Gasteiger partial charge in [-0.3, -0.25) is 0 Å². The molecule has 0 amide bonds. The van der Waals surface area contributed by atoms with E-state index in [0.717, 1.165) is 18.2 Å². The predicted molar refractivity (Wildman–Crippen MR) is 57.4 cm³/mol. The highest BCUT2D eigenvalue weighted by molar-refractivity contribution is 7.09. The Kier molecular flexibility index (Phi) is 3.50. The van der Waals surface area contributed by atoms with Crippen LogP contribution in [0.5, 0.6) is 0 Å². The molecule has 1 saturated heterocycles. The lowest BCUT2D eigenvalue weighted by Gasteiger charge is -2.04. The molecular formula is C10H16N2OS. The molecule has 2 rings (SSSR count). The molecule has 1 aromatic rings. The van der Waals surface area contributed by atoms with Crippen LogP contribution in [0, 0.1) is 0 Å². The molecule has 1 N–H and O–H groups in total. The molecule has 0 bridgehead atoms. The topological polar surface area (TPSA) is 34.1 Å². The van der Waals surface area contributed by atoms with Crippen molar-refractivity contribution in [2.75, 3.05) is 13.2 Å². The van der Waals surface area contributed by atoms with Gasteiger partial charge < -0.3 is 10.1 Å². The van der Waals surface area contributed by atoms with Crippen molar-refractivity contribution in [3.8, 4) is 0 Å². The molecule has 1 fully saturated rings. The predicted octanol–water partition coefficient (Wildman–Crippen LogP) is 2.10. The maximum atomic E-state index is 5.32. The molecular weight excluding hydrogens is 196 g/mol. The molecule has 0 spiro atoms. The zero-order valence-corrected chi connectivity index (χ0v) is 9.27. The molecule has 2 heterocycles. The van der Waals surface area contributed by atoms with Crippen molar-refractivity contribution >= 4 is 11.3 Å². The van der Waals surface area contributed by atoms with Gasteiger partial charge >= 0.3 is 0 Å². The summed E-state index contributed by atoms with van der Waals surface area (Å²) in [7, 11) is 0. The summed E-state index contributed by atoms with van der Waals surface area (Å²) in [4.78, 5) is 4.56. The van der Waals surface area contributed by atoms with E-state index in [9.17, 15) is 0 Å². The second-order valence-corrected chi connectivity index (χ2v) is 4.39. The monoisotopic (exact) mass is 212 g/mol. The van der Waals surface area contributed by atoms with E-state index in [2.05, 4.69) is 15.7 Å². The summed E-state index contributed by atoms with van der Waals surface area (Å²) in [6, 6.07) is 0.488. The zero-order valence-electron chi connectivity index (χ0n) is 8.45.